The van der Waals surface area contributed by atoms with E-state index in [2.05, 4.69) is 28.2 Å². The number of amides is 1. The Hall–Kier alpha value is -0.880. The highest BCUT2D eigenvalue weighted by Crippen LogP contribution is 2.34. The van der Waals surface area contributed by atoms with E-state index in [1.807, 2.05) is 34.0 Å². The van der Waals surface area contributed by atoms with E-state index in [0.717, 1.165) is 42.0 Å². The normalized spacial score (nSPS) is 33.5. The number of likely N-dealkylation sites (tertiary alicyclic amines) is 1. The molecule has 3 heterocycles. The summed E-state index contributed by atoms with van der Waals surface area (Å²) in [5, 5.41) is 34.8. The number of likely N-dealkylation sites (N-methyl/N-ethyl adjacent to an activating group) is 1. The highest BCUT2D eigenvalue weighted by molar-refractivity contribution is 8.00. The molecule has 10 heteroatoms. The third kappa shape index (κ3) is 6.71. The molecule has 0 radical (unpaired) electrons. The standard InChI is InChI=1S/C25H41N3O5S2/c1-7-8-16-10-18(28(5)12-16)24(32)27-19(15(4)35-17-9-13(2)14(3)26-11-17)23-21(30)20(29)22(31)25(33-23)34-6/h9,11,15-16,18-23,25,29-31H,7-8,10,12H2,1-6H3,(H,27,32)/t15-,16+,18-,19+,20?,21?,22?,23?,25?/m0/s1. The Morgan fingerprint density at radius 2 is 2.00 bits per heavy atom. The van der Waals surface area contributed by atoms with Gasteiger partial charge >= 0.3 is 0 Å². The number of thioether (sulfide) groups is 2. The summed E-state index contributed by atoms with van der Waals surface area (Å²) in [5.41, 5.74) is 1.33. The van der Waals surface area contributed by atoms with Crippen LogP contribution in [0.5, 0.6) is 0 Å². The number of aliphatic hydroxyl groups excluding tert-OH is 3. The molecule has 0 spiro atoms. The number of aliphatic hydroxyl groups is 3. The maximum Gasteiger partial charge on any atom is 0.237 e. The molecule has 2 saturated heterocycles. The van der Waals surface area contributed by atoms with Gasteiger partial charge in [0.1, 0.15) is 29.9 Å². The van der Waals surface area contributed by atoms with Crippen molar-refractivity contribution in [1.82, 2.24) is 15.2 Å². The Morgan fingerprint density at radius 3 is 2.63 bits per heavy atom. The fourth-order valence-corrected chi connectivity index (χ4v) is 6.93. The van der Waals surface area contributed by atoms with E-state index in [4.69, 9.17) is 4.74 Å². The average Bonchev–Trinajstić information content (AvgIpc) is 3.19. The first-order valence-electron chi connectivity index (χ1n) is 12.4. The van der Waals surface area contributed by atoms with Crippen molar-refractivity contribution in [3.8, 4) is 0 Å². The van der Waals surface area contributed by atoms with E-state index in [0.29, 0.717) is 5.92 Å². The molecule has 2 aliphatic heterocycles. The molecule has 4 N–H and O–H groups in total. The lowest BCUT2D eigenvalue weighted by atomic mass is 9.92. The summed E-state index contributed by atoms with van der Waals surface area (Å²) >= 11 is 2.81. The zero-order chi connectivity index (χ0) is 25.9. The van der Waals surface area contributed by atoms with Crippen LogP contribution in [0.25, 0.3) is 0 Å². The van der Waals surface area contributed by atoms with Gasteiger partial charge in [-0.2, -0.15) is 0 Å². The van der Waals surface area contributed by atoms with Gasteiger partial charge in [-0.3, -0.25) is 14.7 Å². The Balaban J connectivity index is 1.84. The number of carbonyl (C=O) groups excluding carboxylic acids is 1. The third-order valence-electron chi connectivity index (χ3n) is 7.28. The predicted molar refractivity (Wildman–Crippen MR) is 141 cm³/mol. The number of hydrogen-bond acceptors (Lipinski definition) is 9. The molecule has 2 fully saturated rings. The van der Waals surface area contributed by atoms with Gasteiger partial charge in [-0.15, -0.1) is 23.5 Å². The van der Waals surface area contributed by atoms with Gasteiger partial charge in [0, 0.05) is 28.6 Å². The quantitative estimate of drug-likeness (QED) is 0.358. The molecular weight excluding hydrogens is 486 g/mol. The van der Waals surface area contributed by atoms with Crippen LogP contribution in [-0.4, -0.2) is 98.1 Å². The molecule has 1 amide bonds. The lowest BCUT2D eigenvalue weighted by Gasteiger charge is -2.44. The first-order chi connectivity index (χ1) is 16.6. The molecule has 9 atom stereocenters. The molecule has 1 aromatic heterocycles. The number of nitrogens with one attached hydrogen (secondary N) is 1. The number of aromatic nitrogens is 1. The molecule has 0 saturated carbocycles. The molecule has 8 nitrogen and oxygen atoms in total. The minimum atomic E-state index is -1.37. The van der Waals surface area contributed by atoms with Gasteiger partial charge in [-0.1, -0.05) is 20.3 Å². The van der Waals surface area contributed by atoms with E-state index in [1.54, 1.807) is 18.0 Å². The highest BCUT2D eigenvalue weighted by atomic mass is 32.2. The summed E-state index contributed by atoms with van der Waals surface area (Å²) in [7, 11) is 1.98. The van der Waals surface area contributed by atoms with Crippen LogP contribution in [0.4, 0.5) is 0 Å². The largest absolute Gasteiger partial charge is 0.388 e. The van der Waals surface area contributed by atoms with E-state index >= 15 is 0 Å². The first kappa shape index (κ1) is 28.7. The summed E-state index contributed by atoms with van der Waals surface area (Å²) in [4.78, 5) is 21.0. The Labute approximate surface area is 217 Å². The topological polar surface area (TPSA) is 115 Å². The van der Waals surface area contributed by atoms with Gasteiger partial charge in [0.2, 0.25) is 5.91 Å². The van der Waals surface area contributed by atoms with Crippen molar-refractivity contribution < 1.29 is 24.9 Å². The number of carbonyl (C=O) groups is 1. The minimum Gasteiger partial charge on any atom is -0.388 e. The Bertz CT molecular complexity index is 860. The number of rotatable bonds is 9. The number of hydrogen-bond donors (Lipinski definition) is 4. The fourth-order valence-electron chi connectivity index (χ4n) is 5.09. The molecule has 0 aromatic carbocycles. The van der Waals surface area contributed by atoms with Crippen LogP contribution in [0.3, 0.4) is 0 Å². The molecule has 0 aliphatic carbocycles. The number of ether oxygens (including phenoxy) is 1. The molecular formula is C25H41N3O5S2. The SMILES string of the molecule is CCC[C@@H]1C[C@@H](C(=O)N[C@@H](C2OC(SC)C(O)C(O)C2O)[C@H](C)Sc2cnc(C)c(C)c2)N(C)C1. The van der Waals surface area contributed by atoms with Gasteiger partial charge < -0.3 is 25.4 Å². The van der Waals surface area contributed by atoms with Crippen molar-refractivity contribution in [2.45, 2.75) is 99.0 Å². The summed E-state index contributed by atoms with van der Waals surface area (Å²) in [6.45, 7) is 8.99. The Morgan fingerprint density at radius 1 is 1.29 bits per heavy atom. The molecule has 35 heavy (non-hydrogen) atoms. The van der Waals surface area contributed by atoms with Crippen LogP contribution < -0.4 is 5.32 Å². The molecule has 5 unspecified atom stereocenters. The second-order valence-corrected chi connectivity index (χ2v) is 12.3. The molecule has 1 aromatic rings. The molecule has 198 valence electrons. The van der Waals surface area contributed by atoms with Crippen LogP contribution in [0, 0.1) is 19.8 Å². The van der Waals surface area contributed by atoms with Crippen molar-refractivity contribution >= 4 is 29.4 Å². The maximum absolute atomic E-state index is 13.5. The second kappa shape index (κ2) is 12.6. The van der Waals surface area contributed by atoms with E-state index < -0.39 is 35.9 Å². The summed E-state index contributed by atoms with van der Waals surface area (Å²) in [6, 6.07) is 1.21. The minimum absolute atomic E-state index is 0.0983. The van der Waals surface area contributed by atoms with Crippen LogP contribution in [0.15, 0.2) is 17.2 Å². The summed E-state index contributed by atoms with van der Waals surface area (Å²) < 4.78 is 6.09. The fraction of sp³-hybridized carbons (Fsp3) is 0.760. The van der Waals surface area contributed by atoms with Gasteiger partial charge in [-0.25, -0.2) is 0 Å². The summed E-state index contributed by atoms with van der Waals surface area (Å²) in [5.74, 6) is 0.390. The predicted octanol–water partition coefficient (Wildman–Crippen LogP) is 1.95. The zero-order valence-electron chi connectivity index (χ0n) is 21.5. The second-order valence-electron chi connectivity index (χ2n) is 9.95. The highest BCUT2D eigenvalue weighted by Gasteiger charge is 2.48. The number of aryl methyl sites for hydroxylation is 2. The van der Waals surface area contributed by atoms with Gasteiger partial charge in [-0.05, 0) is 57.5 Å². The van der Waals surface area contributed by atoms with E-state index in [1.165, 1.54) is 11.8 Å². The number of pyridine rings is 1. The smallest absolute Gasteiger partial charge is 0.237 e. The molecule has 0 bridgehead atoms. The zero-order valence-corrected chi connectivity index (χ0v) is 23.2. The Kier molecular flexibility index (Phi) is 10.3. The monoisotopic (exact) mass is 527 g/mol. The van der Waals surface area contributed by atoms with Crippen molar-refractivity contribution in [1.29, 1.82) is 0 Å². The molecule has 2 aliphatic rings. The van der Waals surface area contributed by atoms with E-state index in [-0.39, 0.29) is 17.2 Å². The van der Waals surface area contributed by atoms with Gasteiger partial charge in [0.15, 0.2) is 0 Å². The van der Waals surface area contributed by atoms with Gasteiger partial charge in [0.05, 0.1) is 12.1 Å². The lowest BCUT2D eigenvalue weighted by Crippen LogP contribution is -2.65. The average molecular weight is 528 g/mol. The summed E-state index contributed by atoms with van der Waals surface area (Å²) in [6.07, 6.45) is 1.77. The first-order valence-corrected chi connectivity index (χ1v) is 14.6. The van der Waals surface area contributed by atoms with Crippen molar-refractivity contribution in [3.05, 3.63) is 23.5 Å². The van der Waals surface area contributed by atoms with Crippen LogP contribution in [-0.2, 0) is 9.53 Å². The van der Waals surface area contributed by atoms with Crippen LogP contribution in [0.2, 0.25) is 0 Å². The van der Waals surface area contributed by atoms with Crippen molar-refractivity contribution in [2.24, 2.45) is 5.92 Å². The van der Waals surface area contributed by atoms with Crippen LogP contribution in [0.1, 0.15) is 44.4 Å². The van der Waals surface area contributed by atoms with Crippen LogP contribution >= 0.6 is 23.5 Å². The third-order valence-corrected chi connectivity index (χ3v) is 9.29. The number of nitrogens with zero attached hydrogens (tertiary/aromatic N) is 2. The van der Waals surface area contributed by atoms with E-state index in [9.17, 15) is 20.1 Å². The van der Waals surface area contributed by atoms with Crippen molar-refractivity contribution in [2.75, 3.05) is 19.8 Å². The molecule has 3 rings (SSSR count). The lowest BCUT2D eigenvalue weighted by molar-refractivity contribution is -0.205. The van der Waals surface area contributed by atoms with Crippen molar-refractivity contribution in [3.63, 3.8) is 0 Å². The maximum atomic E-state index is 13.5. The van der Waals surface area contributed by atoms with Gasteiger partial charge in [0.25, 0.3) is 0 Å².